The number of nitrogens with zero attached hydrogens (tertiary/aromatic N) is 1. The molecule has 0 bridgehead atoms. The molecule has 8 heteroatoms. The molecule has 2 aromatic carbocycles. The second-order valence-electron chi connectivity index (χ2n) is 9.02. The van der Waals surface area contributed by atoms with Crippen molar-refractivity contribution < 1.29 is 28.9 Å². The van der Waals surface area contributed by atoms with Crippen LogP contribution in [0.4, 0.5) is 4.79 Å². The van der Waals surface area contributed by atoms with Crippen LogP contribution in [0.1, 0.15) is 57.6 Å². The molecule has 7 nitrogen and oxygen atoms in total. The summed E-state index contributed by atoms with van der Waals surface area (Å²) in [5, 5.41) is 9.27. The Morgan fingerprint density at radius 1 is 0.946 bits per heavy atom. The normalized spacial score (nSPS) is 11.8. The fraction of sp³-hybridized carbons (Fsp3) is 0.517. The van der Waals surface area contributed by atoms with Gasteiger partial charge in [0.1, 0.15) is 18.1 Å². The second kappa shape index (κ2) is 16.9. The van der Waals surface area contributed by atoms with E-state index in [0.717, 1.165) is 29.9 Å². The number of hydrogen-bond acceptors (Lipinski definition) is 6. The first kappa shape index (κ1) is 30.5. The van der Waals surface area contributed by atoms with Gasteiger partial charge in [-0.1, -0.05) is 51.5 Å². The van der Waals surface area contributed by atoms with Gasteiger partial charge in [-0.2, -0.15) is 11.8 Å². The Balaban J connectivity index is 1.92. The third-order valence-electron chi connectivity index (χ3n) is 5.78. The van der Waals surface area contributed by atoms with Crippen LogP contribution in [0.15, 0.2) is 48.5 Å². The molecule has 204 valence electrons. The molecule has 0 spiro atoms. The lowest BCUT2D eigenvalue weighted by Gasteiger charge is -2.22. The van der Waals surface area contributed by atoms with Crippen LogP contribution in [-0.2, 0) is 16.0 Å². The molecule has 0 aliphatic rings. The molecule has 0 aromatic heterocycles. The highest BCUT2D eigenvalue weighted by atomic mass is 32.2. The fourth-order valence-corrected chi connectivity index (χ4v) is 4.58. The molecule has 0 heterocycles. The van der Waals surface area contributed by atoms with Crippen LogP contribution in [0.2, 0.25) is 0 Å². The standard InChI is InChI=1S/C29H41NO6S/c1-5-7-19-37-20-17-30(29(33)36-26-14-10-24(11-15-26)22(3)4)16-18-35-25-12-8-23(9-13-25)21-27(28(31)32)34-6-2/h8-15,22,27H,5-7,16-21H2,1-4H3,(H,31,32). The molecule has 0 saturated carbocycles. The van der Waals surface area contributed by atoms with Gasteiger partial charge in [0.25, 0.3) is 0 Å². The van der Waals surface area contributed by atoms with E-state index >= 15 is 0 Å². The molecular formula is C29H41NO6S. The van der Waals surface area contributed by atoms with Gasteiger partial charge in [-0.3, -0.25) is 0 Å². The molecule has 0 aliphatic carbocycles. The summed E-state index contributed by atoms with van der Waals surface area (Å²) in [6, 6.07) is 14.9. The number of carboxylic acid groups (broad SMARTS) is 1. The zero-order valence-corrected chi connectivity index (χ0v) is 23.3. The van der Waals surface area contributed by atoms with Gasteiger partial charge in [-0.15, -0.1) is 0 Å². The van der Waals surface area contributed by atoms with Crippen molar-refractivity contribution in [2.24, 2.45) is 0 Å². The number of unbranched alkanes of at least 4 members (excludes halogenated alkanes) is 1. The molecule has 1 unspecified atom stereocenters. The minimum Gasteiger partial charge on any atom is -0.492 e. The summed E-state index contributed by atoms with van der Waals surface area (Å²) in [6.45, 7) is 9.83. The van der Waals surface area contributed by atoms with Crippen molar-refractivity contribution in [3.8, 4) is 11.5 Å². The van der Waals surface area contributed by atoms with Gasteiger partial charge in [0.05, 0.1) is 6.54 Å². The first-order valence-corrected chi connectivity index (χ1v) is 14.2. The summed E-state index contributed by atoms with van der Waals surface area (Å²) in [5.41, 5.74) is 2.05. The highest BCUT2D eigenvalue weighted by Crippen LogP contribution is 2.20. The lowest BCUT2D eigenvalue weighted by Crippen LogP contribution is -2.38. The molecular weight excluding hydrogens is 490 g/mol. The minimum absolute atomic E-state index is 0.289. The maximum Gasteiger partial charge on any atom is 0.415 e. The average Bonchev–Trinajstić information content (AvgIpc) is 2.88. The number of carbonyl (C=O) groups is 2. The van der Waals surface area contributed by atoms with Crippen molar-refractivity contribution in [3.05, 3.63) is 59.7 Å². The Kier molecular flexibility index (Phi) is 14.0. The van der Waals surface area contributed by atoms with E-state index in [9.17, 15) is 14.7 Å². The van der Waals surface area contributed by atoms with Crippen molar-refractivity contribution in [2.45, 2.75) is 59.0 Å². The van der Waals surface area contributed by atoms with Crippen molar-refractivity contribution >= 4 is 23.8 Å². The molecule has 1 amide bonds. The van der Waals surface area contributed by atoms with Gasteiger partial charge >= 0.3 is 12.1 Å². The Labute approximate surface area is 225 Å². The van der Waals surface area contributed by atoms with Gasteiger partial charge in [0.2, 0.25) is 0 Å². The molecule has 37 heavy (non-hydrogen) atoms. The van der Waals surface area contributed by atoms with Crippen LogP contribution in [0.3, 0.4) is 0 Å². The molecule has 0 saturated heterocycles. The van der Waals surface area contributed by atoms with E-state index in [1.807, 2.05) is 48.2 Å². The topological polar surface area (TPSA) is 85.3 Å². The van der Waals surface area contributed by atoms with E-state index in [-0.39, 0.29) is 12.5 Å². The number of carbonyl (C=O) groups excluding carboxylic acids is 1. The summed E-state index contributed by atoms with van der Waals surface area (Å²) < 4.78 is 16.8. The Morgan fingerprint density at radius 3 is 2.22 bits per heavy atom. The molecule has 0 aliphatic heterocycles. The van der Waals surface area contributed by atoms with Gasteiger partial charge in [-0.05, 0) is 60.4 Å². The van der Waals surface area contributed by atoms with Crippen molar-refractivity contribution in [3.63, 3.8) is 0 Å². The molecule has 1 atom stereocenters. The lowest BCUT2D eigenvalue weighted by molar-refractivity contribution is -0.149. The van der Waals surface area contributed by atoms with Gasteiger partial charge in [0, 0.05) is 25.3 Å². The van der Waals surface area contributed by atoms with Crippen molar-refractivity contribution in [1.29, 1.82) is 0 Å². The van der Waals surface area contributed by atoms with E-state index in [2.05, 4.69) is 20.8 Å². The van der Waals surface area contributed by atoms with Crippen LogP contribution >= 0.6 is 11.8 Å². The van der Waals surface area contributed by atoms with Gasteiger partial charge in [-0.25, -0.2) is 9.59 Å². The molecule has 1 N–H and O–H groups in total. The predicted octanol–water partition coefficient (Wildman–Crippen LogP) is 6.26. The Hall–Kier alpha value is -2.71. The van der Waals surface area contributed by atoms with E-state index in [4.69, 9.17) is 14.2 Å². The summed E-state index contributed by atoms with van der Waals surface area (Å²) in [4.78, 5) is 25.9. The van der Waals surface area contributed by atoms with Crippen LogP contribution in [0.5, 0.6) is 11.5 Å². The van der Waals surface area contributed by atoms with Crippen LogP contribution in [-0.4, -0.2) is 66.0 Å². The third-order valence-corrected chi connectivity index (χ3v) is 6.82. The highest BCUT2D eigenvalue weighted by molar-refractivity contribution is 7.99. The largest absolute Gasteiger partial charge is 0.492 e. The van der Waals surface area contributed by atoms with E-state index < -0.39 is 12.1 Å². The van der Waals surface area contributed by atoms with Crippen LogP contribution in [0, 0.1) is 0 Å². The minimum atomic E-state index is -0.974. The van der Waals surface area contributed by atoms with E-state index in [0.29, 0.717) is 43.7 Å². The van der Waals surface area contributed by atoms with E-state index in [1.54, 1.807) is 24.0 Å². The van der Waals surface area contributed by atoms with Crippen molar-refractivity contribution in [2.75, 3.05) is 37.8 Å². The van der Waals surface area contributed by atoms with Crippen molar-refractivity contribution in [1.82, 2.24) is 4.90 Å². The van der Waals surface area contributed by atoms with Gasteiger partial charge in [0.15, 0.2) is 6.10 Å². The summed E-state index contributed by atoms with van der Waals surface area (Å²) in [7, 11) is 0. The lowest BCUT2D eigenvalue weighted by atomic mass is 10.0. The maximum atomic E-state index is 12.9. The first-order chi connectivity index (χ1) is 17.8. The van der Waals surface area contributed by atoms with Crippen LogP contribution in [0.25, 0.3) is 0 Å². The maximum absolute atomic E-state index is 12.9. The van der Waals surface area contributed by atoms with E-state index in [1.165, 1.54) is 5.56 Å². The fourth-order valence-electron chi connectivity index (χ4n) is 3.53. The summed E-state index contributed by atoms with van der Waals surface area (Å²) >= 11 is 1.83. The number of aliphatic carboxylic acids is 1. The third kappa shape index (κ3) is 11.5. The zero-order valence-electron chi connectivity index (χ0n) is 22.5. The van der Waals surface area contributed by atoms with Gasteiger partial charge < -0.3 is 24.2 Å². The summed E-state index contributed by atoms with van der Waals surface area (Å²) in [5.74, 6) is 2.53. The zero-order chi connectivity index (χ0) is 27.0. The summed E-state index contributed by atoms with van der Waals surface area (Å²) in [6.07, 6.45) is 1.35. The second-order valence-corrected chi connectivity index (χ2v) is 10.2. The predicted molar refractivity (Wildman–Crippen MR) is 149 cm³/mol. The van der Waals surface area contributed by atoms with Crippen LogP contribution < -0.4 is 9.47 Å². The first-order valence-electron chi connectivity index (χ1n) is 13.0. The number of rotatable bonds is 17. The molecule has 0 fully saturated rings. The number of benzene rings is 2. The Morgan fingerprint density at radius 2 is 1.62 bits per heavy atom. The smallest absolute Gasteiger partial charge is 0.415 e. The SMILES string of the molecule is CCCCSCCN(CCOc1ccc(CC(OCC)C(=O)O)cc1)C(=O)Oc1ccc(C(C)C)cc1. The average molecular weight is 532 g/mol. The number of amides is 1. The Bertz CT molecular complexity index is 932. The number of carboxylic acids is 1. The molecule has 0 radical (unpaired) electrons. The number of hydrogen-bond donors (Lipinski definition) is 1. The number of thioether (sulfide) groups is 1. The highest BCUT2D eigenvalue weighted by Gasteiger charge is 2.18. The quantitative estimate of drug-likeness (QED) is 0.241. The monoisotopic (exact) mass is 531 g/mol. The molecule has 2 rings (SSSR count). The number of ether oxygens (including phenoxy) is 3. The molecule has 2 aromatic rings.